The molecule has 1 aliphatic rings. The third-order valence-corrected chi connectivity index (χ3v) is 6.13. The molecule has 0 radical (unpaired) electrons. The van der Waals surface area contributed by atoms with E-state index in [1.54, 1.807) is 36.2 Å². The minimum absolute atomic E-state index is 0.0696. The van der Waals surface area contributed by atoms with Crippen molar-refractivity contribution in [3.63, 3.8) is 0 Å². The fraction of sp³-hybridized carbons (Fsp3) is 0.308. The molecule has 39 heavy (non-hydrogen) atoms. The Kier molecular flexibility index (Phi) is 8.55. The smallest absolute Gasteiger partial charge is 0.416 e. The molecule has 10 nitrogen and oxygen atoms in total. The maximum Gasteiger partial charge on any atom is 0.416 e. The number of hydrogen-bond acceptors (Lipinski definition) is 10. The van der Waals surface area contributed by atoms with E-state index in [1.165, 1.54) is 18.3 Å². The van der Waals surface area contributed by atoms with Crippen LogP contribution in [0.2, 0.25) is 0 Å². The van der Waals surface area contributed by atoms with Crippen LogP contribution >= 0.6 is 0 Å². The van der Waals surface area contributed by atoms with Gasteiger partial charge >= 0.3 is 12.2 Å². The summed E-state index contributed by atoms with van der Waals surface area (Å²) in [7, 11) is 1.62. The largest absolute Gasteiger partial charge is 0.424 e. The van der Waals surface area contributed by atoms with Gasteiger partial charge in [-0.05, 0) is 35.4 Å². The molecular weight excluding hydrogens is 519 g/mol. The van der Waals surface area contributed by atoms with Gasteiger partial charge in [0, 0.05) is 19.7 Å². The first-order valence-corrected chi connectivity index (χ1v) is 11.9. The van der Waals surface area contributed by atoms with E-state index in [1.807, 2.05) is 0 Å². The predicted octanol–water partition coefficient (Wildman–Crippen LogP) is 3.97. The van der Waals surface area contributed by atoms with Crippen molar-refractivity contribution in [2.24, 2.45) is 0 Å². The summed E-state index contributed by atoms with van der Waals surface area (Å²) in [6.07, 6.45) is -4.61. The lowest BCUT2D eigenvalue weighted by Crippen LogP contribution is -2.32. The molecule has 208 valence electrons. The molecule has 0 unspecified atom stereocenters. The lowest BCUT2D eigenvalue weighted by molar-refractivity contribution is -0.137. The van der Waals surface area contributed by atoms with Crippen LogP contribution in [0.1, 0.15) is 12.0 Å². The molecule has 5 N–H and O–H groups in total. The van der Waals surface area contributed by atoms with E-state index in [0.717, 1.165) is 12.1 Å². The highest BCUT2D eigenvalue weighted by molar-refractivity contribution is 5.76. The summed E-state index contributed by atoms with van der Waals surface area (Å²) < 4.78 is 55.9. The number of aliphatic hydroxyl groups excluding tert-OH is 2. The molecule has 0 saturated carbocycles. The van der Waals surface area contributed by atoms with Crippen LogP contribution in [0.15, 0.2) is 61.3 Å². The van der Waals surface area contributed by atoms with Gasteiger partial charge in [0.2, 0.25) is 0 Å². The van der Waals surface area contributed by atoms with Gasteiger partial charge in [-0.25, -0.2) is 0 Å². The Labute approximate surface area is 222 Å². The maximum atomic E-state index is 12.9. The predicted molar refractivity (Wildman–Crippen MR) is 138 cm³/mol. The first-order chi connectivity index (χ1) is 18.7. The molecule has 1 fully saturated rings. The number of alkyl halides is 3. The minimum Gasteiger partial charge on any atom is -0.424 e. The average molecular weight is 548 g/mol. The SMILES string of the molecule is C=CN(c1nc(Oc2cccc(-c3ccc(C(F)(F)F)cc3)c2)nc(NC)c1N)[C@H]1C[C@@H](OCO)[C@@H](CO)O1. The lowest BCUT2D eigenvalue weighted by Gasteiger charge is -2.27. The number of nitrogens with one attached hydrogen (secondary N) is 1. The summed E-state index contributed by atoms with van der Waals surface area (Å²) in [5.74, 6) is 0.814. The Bertz CT molecular complexity index is 1290. The average Bonchev–Trinajstić information content (AvgIpc) is 3.33. The fourth-order valence-electron chi connectivity index (χ4n) is 4.21. The van der Waals surface area contributed by atoms with E-state index in [4.69, 9.17) is 25.1 Å². The molecule has 0 aliphatic carbocycles. The summed E-state index contributed by atoms with van der Waals surface area (Å²) in [6.45, 7) is 2.97. The third-order valence-electron chi connectivity index (χ3n) is 6.13. The second-order valence-corrected chi connectivity index (χ2v) is 8.52. The number of anilines is 3. The van der Waals surface area contributed by atoms with Crippen molar-refractivity contribution in [2.45, 2.75) is 31.0 Å². The molecule has 1 aliphatic heterocycles. The van der Waals surface area contributed by atoms with E-state index >= 15 is 0 Å². The van der Waals surface area contributed by atoms with Crippen molar-refractivity contribution < 1.29 is 37.6 Å². The second kappa shape index (κ2) is 11.9. The van der Waals surface area contributed by atoms with Gasteiger partial charge in [0.1, 0.15) is 30.6 Å². The Morgan fingerprint density at radius 1 is 1.18 bits per heavy atom. The number of ether oxygens (including phenoxy) is 3. The Balaban J connectivity index is 1.62. The van der Waals surface area contributed by atoms with Crippen LogP contribution < -0.4 is 20.7 Å². The summed E-state index contributed by atoms with van der Waals surface area (Å²) in [4.78, 5) is 10.3. The minimum atomic E-state index is -4.42. The molecule has 1 aromatic heterocycles. The summed E-state index contributed by atoms with van der Waals surface area (Å²) in [6, 6.07) is 11.5. The third kappa shape index (κ3) is 6.23. The van der Waals surface area contributed by atoms with Gasteiger partial charge in [-0.15, -0.1) is 0 Å². The number of nitrogen functional groups attached to an aromatic ring is 1. The first kappa shape index (κ1) is 28.1. The number of hydrogen-bond donors (Lipinski definition) is 4. The van der Waals surface area contributed by atoms with Crippen LogP contribution in [0.4, 0.5) is 30.5 Å². The highest BCUT2D eigenvalue weighted by Crippen LogP contribution is 2.37. The van der Waals surface area contributed by atoms with Gasteiger partial charge in [0.05, 0.1) is 18.3 Å². The van der Waals surface area contributed by atoms with Crippen molar-refractivity contribution in [3.8, 4) is 22.9 Å². The highest BCUT2D eigenvalue weighted by atomic mass is 19.4. The zero-order valence-corrected chi connectivity index (χ0v) is 20.9. The van der Waals surface area contributed by atoms with Crippen LogP contribution in [0, 0.1) is 0 Å². The van der Waals surface area contributed by atoms with Gasteiger partial charge in [-0.1, -0.05) is 30.8 Å². The van der Waals surface area contributed by atoms with E-state index in [-0.39, 0.29) is 36.4 Å². The van der Waals surface area contributed by atoms with Crippen LogP contribution in [0.3, 0.4) is 0 Å². The Morgan fingerprint density at radius 2 is 1.92 bits per heavy atom. The molecule has 2 aromatic carbocycles. The molecule has 0 bridgehead atoms. The summed E-state index contributed by atoms with van der Waals surface area (Å²) in [5.41, 5.74) is 6.95. The highest BCUT2D eigenvalue weighted by Gasteiger charge is 2.39. The number of nitrogens with zero attached hydrogens (tertiary/aromatic N) is 3. The summed E-state index contributed by atoms with van der Waals surface area (Å²) in [5, 5.41) is 21.7. The number of aromatic nitrogens is 2. The van der Waals surface area contributed by atoms with Crippen molar-refractivity contribution in [1.82, 2.24) is 9.97 Å². The van der Waals surface area contributed by atoms with E-state index in [9.17, 15) is 18.3 Å². The van der Waals surface area contributed by atoms with Crippen LogP contribution in [-0.4, -0.2) is 59.1 Å². The zero-order chi connectivity index (χ0) is 28.2. The Hall–Kier alpha value is -3.91. The fourth-order valence-corrected chi connectivity index (χ4v) is 4.21. The second-order valence-electron chi connectivity index (χ2n) is 8.52. The van der Waals surface area contributed by atoms with Crippen LogP contribution in [-0.2, 0) is 15.7 Å². The standard InChI is InChI=1S/C26H28F3N5O5/c1-3-34(21-12-19(37-14-36)20(13-35)39-21)24-22(30)23(31-2)32-25(33-24)38-18-6-4-5-16(11-18)15-7-9-17(10-8-15)26(27,28)29/h3-11,19-21,35-36H,1,12-14,30H2,2H3,(H,31,32,33)/t19-,20-,21-/m1/s1. The molecular formula is C26H28F3N5O5. The van der Waals surface area contributed by atoms with Crippen molar-refractivity contribution >= 4 is 17.3 Å². The maximum absolute atomic E-state index is 12.9. The van der Waals surface area contributed by atoms with Crippen molar-refractivity contribution in [3.05, 3.63) is 66.9 Å². The lowest BCUT2D eigenvalue weighted by atomic mass is 10.0. The molecule has 0 spiro atoms. The molecule has 3 aromatic rings. The number of benzene rings is 2. The van der Waals surface area contributed by atoms with Gasteiger partial charge in [-0.3, -0.25) is 0 Å². The molecule has 13 heteroatoms. The summed E-state index contributed by atoms with van der Waals surface area (Å²) >= 11 is 0. The number of nitrogens with two attached hydrogens (primary N) is 1. The number of halogens is 3. The molecule has 0 amide bonds. The topological polar surface area (TPSA) is 135 Å². The molecule has 3 atom stereocenters. The van der Waals surface area contributed by atoms with Crippen LogP contribution in [0.5, 0.6) is 11.8 Å². The van der Waals surface area contributed by atoms with Gasteiger partial charge in [-0.2, -0.15) is 23.1 Å². The first-order valence-electron chi connectivity index (χ1n) is 11.9. The molecule has 1 saturated heterocycles. The molecule has 2 heterocycles. The quantitative estimate of drug-likeness (QED) is 0.276. The van der Waals surface area contributed by atoms with Gasteiger partial charge < -0.3 is 40.4 Å². The van der Waals surface area contributed by atoms with Crippen molar-refractivity contribution in [1.29, 1.82) is 0 Å². The van der Waals surface area contributed by atoms with Crippen molar-refractivity contribution in [2.75, 3.05) is 36.4 Å². The number of aliphatic hydroxyl groups is 2. The van der Waals surface area contributed by atoms with E-state index in [0.29, 0.717) is 16.9 Å². The normalized spacial score (nSPS) is 19.1. The van der Waals surface area contributed by atoms with E-state index < -0.39 is 37.0 Å². The number of rotatable bonds is 10. The van der Waals surface area contributed by atoms with Crippen LogP contribution in [0.25, 0.3) is 11.1 Å². The van der Waals surface area contributed by atoms with Gasteiger partial charge in [0.25, 0.3) is 0 Å². The zero-order valence-electron chi connectivity index (χ0n) is 20.9. The van der Waals surface area contributed by atoms with E-state index in [2.05, 4.69) is 21.9 Å². The molecule has 4 rings (SSSR count). The Morgan fingerprint density at radius 3 is 2.54 bits per heavy atom. The van der Waals surface area contributed by atoms with Gasteiger partial charge in [0.15, 0.2) is 11.6 Å². The monoisotopic (exact) mass is 547 g/mol.